The molecule has 0 radical (unpaired) electrons. The van der Waals surface area contributed by atoms with Gasteiger partial charge in [-0.25, -0.2) is 13.2 Å². The summed E-state index contributed by atoms with van der Waals surface area (Å²) in [6.45, 7) is 1.34. The average molecular weight is 224 g/mol. The van der Waals surface area contributed by atoms with Crippen molar-refractivity contribution in [1.29, 1.82) is 0 Å². The Kier molecular flexibility index (Phi) is 3.63. The topological polar surface area (TPSA) is 12.0 Å². The van der Waals surface area contributed by atoms with Gasteiger partial charge >= 0.3 is 0 Å². The molecule has 1 nitrogen and oxygen atoms in total. The molecule has 1 N–H and O–H groups in total. The van der Waals surface area contributed by atoms with Crippen molar-refractivity contribution >= 4 is 17.3 Å². The van der Waals surface area contributed by atoms with Crippen LogP contribution in [0.1, 0.15) is 6.92 Å². The van der Waals surface area contributed by atoms with E-state index in [2.05, 4.69) is 5.32 Å². The van der Waals surface area contributed by atoms with Gasteiger partial charge in [0, 0.05) is 5.69 Å². The lowest BCUT2D eigenvalue weighted by molar-refractivity contribution is 0.131. The highest BCUT2D eigenvalue weighted by atomic mass is 35.5. The van der Waals surface area contributed by atoms with Crippen LogP contribution in [0, 0.1) is 5.82 Å². The first-order chi connectivity index (χ1) is 6.50. The second kappa shape index (κ2) is 4.55. The van der Waals surface area contributed by atoms with Crippen molar-refractivity contribution < 1.29 is 13.2 Å². The number of nitrogens with one attached hydrogen (secondary N) is 1. The standard InChI is InChI=1S/C9H9ClF3N/c1-5(9(12)13)14-6-2-3-8(11)7(10)4-6/h2-5,9,14H,1H3. The molecule has 0 spiro atoms. The Hall–Kier alpha value is -0.900. The summed E-state index contributed by atoms with van der Waals surface area (Å²) in [5.41, 5.74) is 0.379. The molecule has 5 heteroatoms. The number of hydrogen-bond acceptors (Lipinski definition) is 1. The van der Waals surface area contributed by atoms with Crippen LogP contribution in [0.4, 0.5) is 18.9 Å². The second-order valence-electron chi connectivity index (χ2n) is 2.90. The van der Waals surface area contributed by atoms with Crippen LogP contribution in [-0.2, 0) is 0 Å². The predicted molar refractivity (Wildman–Crippen MR) is 50.5 cm³/mol. The normalized spacial score (nSPS) is 13.0. The van der Waals surface area contributed by atoms with Crippen molar-refractivity contribution in [2.24, 2.45) is 0 Å². The van der Waals surface area contributed by atoms with Crippen molar-refractivity contribution in [3.8, 4) is 0 Å². The first-order valence-corrected chi connectivity index (χ1v) is 4.38. The van der Waals surface area contributed by atoms with E-state index in [0.29, 0.717) is 5.69 Å². The molecule has 0 aliphatic heterocycles. The van der Waals surface area contributed by atoms with E-state index in [1.165, 1.54) is 19.1 Å². The molecule has 0 bridgehead atoms. The van der Waals surface area contributed by atoms with Crippen molar-refractivity contribution in [1.82, 2.24) is 0 Å². The Balaban J connectivity index is 2.73. The fourth-order valence-electron chi connectivity index (χ4n) is 0.912. The number of anilines is 1. The molecule has 1 atom stereocenters. The van der Waals surface area contributed by atoms with E-state index in [1.807, 2.05) is 0 Å². The van der Waals surface area contributed by atoms with Crippen LogP contribution >= 0.6 is 11.6 Å². The molecule has 0 amide bonds. The molecular formula is C9H9ClF3N. The van der Waals surface area contributed by atoms with Crippen LogP contribution in [0.25, 0.3) is 0 Å². The van der Waals surface area contributed by atoms with Gasteiger partial charge in [0.05, 0.1) is 11.1 Å². The van der Waals surface area contributed by atoms with Gasteiger partial charge < -0.3 is 5.32 Å². The minimum absolute atomic E-state index is 0.0866. The third-order valence-corrected chi connectivity index (χ3v) is 1.98. The third kappa shape index (κ3) is 2.80. The Labute approximate surface area is 84.9 Å². The molecule has 0 fully saturated rings. The van der Waals surface area contributed by atoms with Crippen LogP contribution in [-0.4, -0.2) is 12.5 Å². The van der Waals surface area contributed by atoms with Gasteiger partial charge in [-0.15, -0.1) is 0 Å². The van der Waals surface area contributed by atoms with Crippen LogP contribution in [0.15, 0.2) is 18.2 Å². The lowest BCUT2D eigenvalue weighted by atomic mass is 10.2. The van der Waals surface area contributed by atoms with Gasteiger partial charge in [0.25, 0.3) is 6.43 Å². The quantitative estimate of drug-likeness (QED) is 0.827. The number of benzene rings is 1. The monoisotopic (exact) mass is 223 g/mol. The van der Waals surface area contributed by atoms with Crippen LogP contribution in [0.3, 0.4) is 0 Å². The van der Waals surface area contributed by atoms with Crippen molar-refractivity contribution in [3.63, 3.8) is 0 Å². The zero-order valence-electron chi connectivity index (χ0n) is 7.40. The molecule has 1 aromatic rings. The molecule has 0 saturated carbocycles. The zero-order valence-corrected chi connectivity index (χ0v) is 8.15. The molecule has 0 aliphatic carbocycles. The van der Waals surface area contributed by atoms with E-state index in [-0.39, 0.29) is 5.02 Å². The maximum absolute atomic E-state index is 12.7. The van der Waals surface area contributed by atoms with Gasteiger partial charge in [0.2, 0.25) is 0 Å². The van der Waals surface area contributed by atoms with Crippen molar-refractivity contribution in [2.45, 2.75) is 19.4 Å². The summed E-state index contributed by atoms with van der Waals surface area (Å²) in [4.78, 5) is 0. The number of halogens is 4. The van der Waals surface area contributed by atoms with Gasteiger partial charge in [0.1, 0.15) is 5.82 Å². The first-order valence-electron chi connectivity index (χ1n) is 4.00. The van der Waals surface area contributed by atoms with Crippen molar-refractivity contribution in [3.05, 3.63) is 29.0 Å². The Morgan fingerprint density at radius 1 is 1.36 bits per heavy atom. The maximum Gasteiger partial charge on any atom is 0.258 e. The Morgan fingerprint density at radius 2 is 2.00 bits per heavy atom. The van der Waals surface area contributed by atoms with Gasteiger partial charge in [0.15, 0.2) is 0 Å². The fourth-order valence-corrected chi connectivity index (χ4v) is 1.09. The molecule has 0 aromatic heterocycles. The van der Waals surface area contributed by atoms with Crippen LogP contribution < -0.4 is 5.32 Å². The lowest BCUT2D eigenvalue weighted by Gasteiger charge is -2.14. The summed E-state index contributed by atoms with van der Waals surface area (Å²) < 4.78 is 36.9. The van der Waals surface area contributed by atoms with Gasteiger partial charge in [-0.2, -0.15) is 0 Å². The molecule has 1 unspecified atom stereocenters. The summed E-state index contributed by atoms with van der Waals surface area (Å²) in [6, 6.07) is 2.77. The smallest absolute Gasteiger partial charge is 0.258 e. The number of hydrogen-bond donors (Lipinski definition) is 1. The number of rotatable bonds is 3. The highest BCUT2D eigenvalue weighted by Gasteiger charge is 2.14. The molecule has 0 heterocycles. The van der Waals surface area contributed by atoms with E-state index in [1.54, 1.807) is 0 Å². The molecule has 0 aliphatic rings. The molecule has 14 heavy (non-hydrogen) atoms. The number of alkyl halides is 2. The van der Waals surface area contributed by atoms with Crippen LogP contribution in [0.5, 0.6) is 0 Å². The first kappa shape index (κ1) is 11.2. The molecular weight excluding hydrogens is 215 g/mol. The van der Waals surface area contributed by atoms with E-state index in [4.69, 9.17) is 11.6 Å². The minimum atomic E-state index is -2.47. The summed E-state index contributed by atoms with van der Waals surface area (Å²) >= 11 is 5.47. The summed E-state index contributed by atoms with van der Waals surface area (Å²) in [6.07, 6.45) is -2.47. The highest BCUT2D eigenvalue weighted by Crippen LogP contribution is 2.20. The van der Waals surface area contributed by atoms with E-state index < -0.39 is 18.3 Å². The maximum atomic E-state index is 12.7. The third-order valence-electron chi connectivity index (χ3n) is 1.69. The van der Waals surface area contributed by atoms with E-state index >= 15 is 0 Å². The summed E-state index contributed by atoms with van der Waals surface area (Å²) in [7, 11) is 0. The molecule has 1 rings (SSSR count). The van der Waals surface area contributed by atoms with Gasteiger partial charge in [-0.05, 0) is 25.1 Å². The Morgan fingerprint density at radius 3 is 2.50 bits per heavy atom. The van der Waals surface area contributed by atoms with Gasteiger partial charge in [-0.3, -0.25) is 0 Å². The van der Waals surface area contributed by atoms with E-state index in [0.717, 1.165) is 6.07 Å². The fraction of sp³-hybridized carbons (Fsp3) is 0.333. The lowest BCUT2D eigenvalue weighted by Crippen LogP contribution is -2.23. The average Bonchev–Trinajstić information content (AvgIpc) is 2.11. The van der Waals surface area contributed by atoms with Crippen LogP contribution in [0.2, 0.25) is 5.02 Å². The zero-order chi connectivity index (χ0) is 10.7. The molecule has 1 aromatic carbocycles. The molecule has 0 saturated heterocycles. The highest BCUT2D eigenvalue weighted by molar-refractivity contribution is 6.31. The second-order valence-corrected chi connectivity index (χ2v) is 3.30. The minimum Gasteiger partial charge on any atom is -0.377 e. The molecule has 78 valence electrons. The summed E-state index contributed by atoms with van der Waals surface area (Å²) in [5.74, 6) is -0.568. The van der Waals surface area contributed by atoms with Gasteiger partial charge in [-0.1, -0.05) is 11.6 Å². The van der Waals surface area contributed by atoms with Crippen molar-refractivity contribution in [2.75, 3.05) is 5.32 Å². The predicted octanol–water partition coefficient (Wildman–Crippen LogP) is 3.54. The Bertz CT molecular complexity index is 317. The largest absolute Gasteiger partial charge is 0.377 e. The SMILES string of the molecule is CC(Nc1ccc(F)c(Cl)c1)C(F)F. The summed E-state index contributed by atoms with van der Waals surface area (Å²) in [5, 5.41) is 2.42. The van der Waals surface area contributed by atoms with E-state index in [9.17, 15) is 13.2 Å².